The molecule has 2 N–H and O–H groups in total. The van der Waals surface area contributed by atoms with Gasteiger partial charge in [-0.2, -0.15) is 0 Å². The fraction of sp³-hybridized carbons (Fsp3) is 0.600. The number of sulfonamides is 1. The van der Waals surface area contributed by atoms with Gasteiger partial charge in [-0.15, -0.1) is 0 Å². The van der Waals surface area contributed by atoms with E-state index in [1.165, 1.54) is 18.2 Å². The molecule has 3 atom stereocenters. The lowest BCUT2D eigenvalue weighted by Crippen LogP contribution is -2.41. The Hall–Kier alpha value is -0.370. The molecule has 1 heterocycles. The van der Waals surface area contributed by atoms with Crippen LogP contribution in [-0.4, -0.2) is 50.2 Å². The van der Waals surface area contributed by atoms with E-state index in [0.717, 1.165) is 13.0 Å². The Bertz CT molecular complexity index is 654. The number of aliphatic hydroxyl groups excluding tert-OH is 1. The molecule has 1 saturated heterocycles. The van der Waals surface area contributed by atoms with E-state index >= 15 is 0 Å². The van der Waals surface area contributed by atoms with Crippen LogP contribution in [0.3, 0.4) is 0 Å². The van der Waals surface area contributed by atoms with Crippen LogP contribution in [0.5, 0.6) is 0 Å². The van der Waals surface area contributed by atoms with Gasteiger partial charge in [-0.1, -0.05) is 30.1 Å². The third kappa shape index (κ3) is 5.05. The molecular formula is C15H22Cl2N2O3S. The molecule has 0 radical (unpaired) electrons. The van der Waals surface area contributed by atoms with Gasteiger partial charge in [0.1, 0.15) is 0 Å². The molecule has 5 nitrogen and oxygen atoms in total. The molecule has 2 rings (SSSR count). The van der Waals surface area contributed by atoms with Gasteiger partial charge in [-0.05, 0) is 37.5 Å². The summed E-state index contributed by atoms with van der Waals surface area (Å²) in [4.78, 5) is 2.21. The van der Waals surface area contributed by atoms with Crippen LogP contribution in [0.2, 0.25) is 10.0 Å². The van der Waals surface area contributed by atoms with Crippen molar-refractivity contribution in [2.24, 2.45) is 5.92 Å². The number of halogens is 2. The van der Waals surface area contributed by atoms with Crippen LogP contribution in [0.1, 0.15) is 20.3 Å². The van der Waals surface area contributed by atoms with E-state index < -0.39 is 16.1 Å². The highest BCUT2D eigenvalue weighted by Gasteiger charge is 2.28. The van der Waals surface area contributed by atoms with Crippen molar-refractivity contribution >= 4 is 33.2 Å². The molecule has 0 amide bonds. The van der Waals surface area contributed by atoms with Crippen molar-refractivity contribution in [3.8, 4) is 0 Å². The number of hydrogen-bond donors (Lipinski definition) is 2. The van der Waals surface area contributed by atoms with Crippen molar-refractivity contribution in [1.82, 2.24) is 9.62 Å². The molecule has 0 bridgehead atoms. The topological polar surface area (TPSA) is 69.6 Å². The maximum Gasteiger partial charge on any atom is 0.240 e. The summed E-state index contributed by atoms with van der Waals surface area (Å²) in [6, 6.07) is 4.52. The minimum atomic E-state index is -3.72. The minimum absolute atomic E-state index is 0.0299. The molecule has 0 aromatic heterocycles. The maximum absolute atomic E-state index is 12.2. The summed E-state index contributed by atoms with van der Waals surface area (Å²) >= 11 is 11.6. The van der Waals surface area contributed by atoms with Crippen molar-refractivity contribution in [3.63, 3.8) is 0 Å². The largest absolute Gasteiger partial charge is 0.390 e. The molecule has 1 aliphatic heterocycles. The molecule has 1 fully saturated rings. The first-order chi connectivity index (χ1) is 10.7. The molecule has 0 saturated carbocycles. The van der Waals surface area contributed by atoms with E-state index in [9.17, 15) is 13.5 Å². The summed E-state index contributed by atoms with van der Waals surface area (Å²) in [5.41, 5.74) is 0. The second-order valence-electron chi connectivity index (χ2n) is 6.23. The second-order valence-corrected chi connectivity index (χ2v) is 8.81. The first-order valence-electron chi connectivity index (χ1n) is 7.56. The first-order valence-corrected chi connectivity index (χ1v) is 9.80. The van der Waals surface area contributed by atoms with Gasteiger partial charge in [-0.3, -0.25) is 4.90 Å². The second kappa shape index (κ2) is 7.68. The quantitative estimate of drug-likeness (QED) is 0.794. The zero-order chi connectivity index (χ0) is 17.2. The van der Waals surface area contributed by atoms with Gasteiger partial charge in [0.25, 0.3) is 0 Å². The van der Waals surface area contributed by atoms with Crippen LogP contribution in [0.15, 0.2) is 23.1 Å². The molecule has 130 valence electrons. The summed E-state index contributed by atoms with van der Waals surface area (Å²) in [5.74, 6) is 0.602. The molecule has 1 aromatic carbocycles. The lowest BCUT2D eigenvalue weighted by atomic mass is 10.1. The number of benzene rings is 1. The highest BCUT2D eigenvalue weighted by atomic mass is 35.5. The Kier molecular flexibility index (Phi) is 6.33. The predicted molar refractivity (Wildman–Crippen MR) is 92.5 cm³/mol. The molecule has 1 aliphatic rings. The molecule has 23 heavy (non-hydrogen) atoms. The molecule has 1 aromatic rings. The SMILES string of the molecule is CC1CC(C)N(C[C@H](O)CNS(=O)(=O)c2ccc(Cl)c(Cl)c2)C1. The van der Waals surface area contributed by atoms with Gasteiger partial charge in [0.2, 0.25) is 10.0 Å². The molecular weight excluding hydrogens is 359 g/mol. The number of rotatable bonds is 6. The van der Waals surface area contributed by atoms with E-state index in [2.05, 4.69) is 23.5 Å². The van der Waals surface area contributed by atoms with Gasteiger partial charge in [0.15, 0.2) is 0 Å². The first kappa shape index (κ1) is 19.0. The fourth-order valence-corrected chi connectivity index (χ4v) is 4.37. The van der Waals surface area contributed by atoms with E-state index in [1.54, 1.807) is 0 Å². The van der Waals surface area contributed by atoms with Crippen LogP contribution in [0, 0.1) is 5.92 Å². The third-order valence-electron chi connectivity index (χ3n) is 4.07. The van der Waals surface area contributed by atoms with Crippen LogP contribution in [0.4, 0.5) is 0 Å². The Morgan fingerprint density at radius 2 is 2.04 bits per heavy atom. The van der Waals surface area contributed by atoms with Crippen molar-refractivity contribution in [1.29, 1.82) is 0 Å². The third-order valence-corrected chi connectivity index (χ3v) is 6.23. The average molecular weight is 381 g/mol. The smallest absolute Gasteiger partial charge is 0.240 e. The number of likely N-dealkylation sites (tertiary alicyclic amines) is 1. The van der Waals surface area contributed by atoms with E-state index in [4.69, 9.17) is 23.2 Å². The summed E-state index contributed by atoms with van der Waals surface area (Å²) in [7, 11) is -3.72. The molecule has 8 heteroatoms. The van der Waals surface area contributed by atoms with E-state index in [0.29, 0.717) is 23.5 Å². The van der Waals surface area contributed by atoms with Gasteiger partial charge in [0.05, 0.1) is 21.0 Å². The Morgan fingerprint density at radius 3 is 2.61 bits per heavy atom. The highest BCUT2D eigenvalue weighted by molar-refractivity contribution is 7.89. The van der Waals surface area contributed by atoms with Gasteiger partial charge >= 0.3 is 0 Å². The van der Waals surface area contributed by atoms with Gasteiger partial charge in [-0.25, -0.2) is 13.1 Å². The van der Waals surface area contributed by atoms with Crippen LogP contribution < -0.4 is 4.72 Å². The van der Waals surface area contributed by atoms with Crippen molar-refractivity contribution in [2.75, 3.05) is 19.6 Å². The summed E-state index contributed by atoms with van der Waals surface area (Å²) < 4.78 is 26.8. The fourth-order valence-electron chi connectivity index (χ4n) is 2.91. The molecule has 0 spiro atoms. The average Bonchev–Trinajstić information content (AvgIpc) is 2.77. The van der Waals surface area contributed by atoms with E-state index in [-0.39, 0.29) is 16.5 Å². The summed E-state index contributed by atoms with van der Waals surface area (Å²) in [6.45, 7) is 5.64. The number of nitrogens with zero attached hydrogens (tertiary/aromatic N) is 1. The highest BCUT2D eigenvalue weighted by Crippen LogP contribution is 2.25. The monoisotopic (exact) mass is 380 g/mol. The standard InChI is InChI=1S/C15H22Cl2N2O3S/c1-10-5-11(2)19(8-10)9-12(20)7-18-23(21,22)13-3-4-14(16)15(17)6-13/h3-4,6,10-12,18,20H,5,7-9H2,1-2H3/t10?,11?,12-/m1/s1. The Balaban J connectivity index is 1.92. The van der Waals surface area contributed by atoms with Crippen LogP contribution in [0.25, 0.3) is 0 Å². The van der Waals surface area contributed by atoms with Crippen molar-refractivity contribution in [2.45, 2.75) is 37.3 Å². The van der Waals surface area contributed by atoms with Gasteiger partial charge in [0, 0.05) is 25.7 Å². The molecule has 0 aliphatic carbocycles. The van der Waals surface area contributed by atoms with Crippen LogP contribution >= 0.6 is 23.2 Å². The normalized spacial score (nSPS) is 24.0. The van der Waals surface area contributed by atoms with E-state index in [1.807, 2.05) is 0 Å². The zero-order valence-corrected chi connectivity index (χ0v) is 15.5. The minimum Gasteiger partial charge on any atom is -0.390 e. The zero-order valence-electron chi connectivity index (χ0n) is 13.2. The van der Waals surface area contributed by atoms with Crippen molar-refractivity contribution < 1.29 is 13.5 Å². The lowest BCUT2D eigenvalue weighted by molar-refractivity contribution is 0.111. The summed E-state index contributed by atoms with van der Waals surface area (Å²) in [5, 5.41) is 10.6. The van der Waals surface area contributed by atoms with Crippen LogP contribution in [-0.2, 0) is 10.0 Å². The number of aliphatic hydroxyl groups is 1. The number of β-amino-alcohol motifs (C(OH)–C–C–N with tert-alkyl or cyclic N) is 1. The Morgan fingerprint density at radius 1 is 1.35 bits per heavy atom. The van der Waals surface area contributed by atoms with Crippen molar-refractivity contribution in [3.05, 3.63) is 28.2 Å². The maximum atomic E-state index is 12.2. The predicted octanol–water partition coefficient (Wildman–Crippen LogP) is 2.36. The summed E-state index contributed by atoms with van der Waals surface area (Å²) in [6.07, 6.45) is 0.335. The Labute approximate surface area is 147 Å². The number of nitrogens with one attached hydrogen (secondary N) is 1. The number of hydrogen-bond acceptors (Lipinski definition) is 4. The molecule has 2 unspecified atom stereocenters. The lowest BCUT2D eigenvalue weighted by Gasteiger charge is -2.24. The van der Waals surface area contributed by atoms with Gasteiger partial charge < -0.3 is 5.11 Å².